The van der Waals surface area contributed by atoms with E-state index in [1.54, 1.807) is 23.5 Å². The Labute approximate surface area is 112 Å². The average molecular weight is 312 g/mol. The lowest BCUT2D eigenvalue weighted by Gasteiger charge is -2.03. The molecule has 0 radical (unpaired) electrons. The lowest BCUT2D eigenvalue weighted by Crippen LogP contribution is -2.01. The van der Waals surface area contributed by atoms with Gasteiger partial charge in [-0.15, -0.1) is 11.3 Å². The van der Waals surface area contributed by atoms with Gasteiger partial charge in [-0.1, -0.05) is 15.9 Å². The molecule has 17 heavy (non-hydrogen) atoms. The van der Waals surface area contributed by atoms with Gasteiger partial charge in [0.15, 0.2) is 0 Å². The molecule has 1 aromatic heterocycles. The molecular formula is C12H10BrNO2S. The number of benzene rings is 1. The van der Waals surface area contributed by atoms with Gasteiger partial charge in [-0.05, 0) is 25.1 Å². The summed E-state index contributed by atoms with van der Waals surface area (Å²) in [4.78, 5) is 16.9. The second-order valence-corrected chi connectivity index (χ2v) is 5.65. The third-order valence-corrected chi connectivity index (χ3v) is 3.61. The minimum Gasteiger partial charge on any atom is -0.465 e. The zero-order chi connectivity index (χ0) is 12.4. The van der Waals surface area contributed by atoms with Crippen molar-refractivity contribution in [2.45, 2.75) is 6.92 Å². The van der Waals surface area contributed by atoms with E-state index < -0.39 is 0 Å². The molecule has 0 saturated heterocycles. The third-order valence-electron chi connectivity index (χ3n) is 2.19. The third kappa shape index (κ3) is 2.73. The highest BCUT2D eigenvalue weighted by Gasteiger charge is 2.10. The Morgan fingerprint density at radius 2 is 2.18 bits per heavy atom. The van der Waals surface area contributed by atoms with E-state index in [0.29, 0.717) is 5.56 Å². The molecule has 0 aliphatic heterocycles. The lowest BCUT2D eigenvalue weighted by molar-refractivity contribution is 0.0600. The molecule has 1 aromatic carbocycles. The zero-order valence-corrected chi connectivity index (χ0v) is 11.8. The number of esters is 1. The van der Waals surface area contributed by atoms with Crippen LogP contribution in [0.4, 0.5) is 0 Å². The van der Waals surface area contributed by atoms with Crippen molar-refractivity contribution in [3.63, 3.8) is 0 Å². The summed E-state index contributed by atoms with van der Waals surface area (Å²) >= 11 is 4.98. The maximum atomic E-state index is 11.5. The fourth-order valence-corrected chi connectivity index (χ4v) is 2.68. The molecule has 0 amide bonds. The van der Waals surface area contributed by atoms with Crippen LogP contribution in [0.25, 0.3) is 10.6 Å². The monoisotopic (exact) mass is 311 g/mol. The van der Waals surface area contributed by atoms with Crippen LogP contribution < -0.4 is 0 Å². The second kappa shape index (κ2) is 4.98. The van der Waals surface area contributed by atoms with Crippen molar-refractivity contribution in [1.29, 1.82) is 0 Å². The van der Waals surface area contributed by atoms with Crippen LogP contribution in [0, 0.1) is 6.92 Å². The predicted molar refractivity (Wildman–Crippen MR) is 71.3 cm³/mol. The first-order valence-corrected chi connectivity index (χ1v) is 6.53. The van der Waals surface area contributed by atoms with Gasteiger partial charge < -0.3 is 4.74 Å². The molecule has 0 saturated carbocycles. The highest BCUT2D eigenvalue weighted by atomic mass is 79.9. The van der Waals surface area contributed by atoms with E-state index in [1.165, 1.54) is 7.11 Å². The number of ether oxygens (including phenoxy) is 1. The standard InChI is InChI=1S/C12H10BrNO2S/c1-7-6-14-11(17-7)8-3-9(12(15)16-2)5-10(13)4-8/h3-6H,1-2H3. The van der Waals surface area contributed by atoms with Crippen LogP contribution in [0.15, 0.2) is 28.9 Å². The van der Waals surface area contributed by atoms with Crippen LogP contribution in [0.2, 0.25) is 0 Å². The first kappa shape index (κ1) is 12.3. The van der Waals surface area contributed by atoms with Crippen LogP contribution in [0.5, 0.6) is 0 Å². The van der Waals surface area contributed by atoms with Crippen molar-refractivity contribution in [2.75, 3.05) is 7.11 Å². The van der Waals surface area contributed by atoms with Gasteiger partial charge in [0, 0.05) is 21.1 Å². The average Bonchev–Trinajstić information content (AvgIpc) is 2.74. The number of methoxy groups -OCH3 is 1. The van der Waals surface area contributed by atoms with Crippen molar-refractivity contribution < 1.29 is 9.53 Å². The van der Waals surface area contributed by atoms with E-state index in [4.69, 9.17) is 4.74 Å². The maximum absolute atomic E-state index is 11.5. The molecule has 5 heteroatoms. The highest BCUT2D eigenvalue weighted by Crippen LogP contribution is 2.28. The van der Waals surface area contributed by atoms with Crippen molar-refractivity contribution in [2.24, 2.45) is 0 Å². The van der Waals surface area contributed by atoms with E-state index in [1.807, 2.05) is 19.2 Å². The normalized spacial score (nSPS) is 10.3. The fraction of sp³-hybridized carbons (Fsp3) is 0.167. The molecule has 0 N–H and O–H groups in total. The first-order chi connectivity index (χ1) is 8.10. The Balaban J connectivity index is 2.48. The van der Waals surface area contributed by atoms with Crippen molar-refractivity contribution in [3.05, 3.63) is 39.3 Å². The number of nitrogens with zero attached hydrogens (tertiary/aromatic N) is 1. The van der Waals surface area contributed by atoms with Crippen molar-refractivity contribution in [3.8, 4) is 10.6 Å². The number of carbonyl (C=O) groups is 1. The Hall–Kier alpha value is -1.20. The first-order valence-electron chi connectivity index (χ1n) is 4.92. The summed E-state index contributed by atoms with van der Waals surface area (Å²) in [7, 11) is 1.37. The SMILES string of the molecule is COC(=O)c1cc(Br)cc(-c2ncc(C)s2)c1. The number of aryl methyl sites for hydroxylation is 1. The molecule has 0 aliphatic rings. The second-order valence-electron chi connectivity index (χ2n) is 3.50. The molecule has 0 fully saturated rings. The van der Waals surface area contributed by atoms with Crippen LogP contribution in [-0.2, 0) is 4.74 Å². The van der Waals surface area contributed by atoms with Gasteiger partial charge in [0.25, 0.3) is 0 Å². The van der Waals surface area contributed by atoms with E-state index in [9.17, 15) is 4.79 Å². The van der Waals surface area contributed by atoms with Gasteiger partial charge in [-0.2, -0.15) is 0 Å². The van der Waals surface area contributed by atoms with Gasteiger partial charge in [0.1, 0.15) is 5.01 Å². The van der Waals surface area contributed by atoms with E-state index in [-0.39, 0.29) is 5.97 Å². The van der Waals surface area contributed by atoms with Gasteiger partial charge in [0.05, 0.1) is 12.7 Å². The zero-order valence-electron chi connectivity index (χ0n) is 9.36. The highest BCUT2D eigenvalue weighted by molar-refractivity contribution is 9.10. The number of halogens is 1. The topological polar surface area (TPSA) is 39.2 Å². The van der Waals surface area contributed by atoms with Crippen LogP contribution in [0.1, 0.15) is 15.2 Å². The van der Waals surface area contributed by atoms with E-state index >= 15 is 0 Å². The minimum absolute atomic E-state index is 0.346. The van der Waals surface area contributed by atoms with Gasteiger partial charge in [-0.25, -0.2) is 9.78 Å². The molecule has 1 heterocycles. The van der Waals surface area contributed by atoms with E-state index in [0.717, 1.165) is 19.9 Å². The number of aromatic nitrogens is 1. The smallest absolute Gasteiger partial charge is 0.337 e. The number of hydrogen-bond acceptors (Lipinski definition) is 4. The molecule has 0 aliphatic carbocycles. The molecular weight excluding hydrogens is 302 g/mol. The Morgan fingerprint density at radius 3 is 2.76 bits per heavy atom. The minimum atomic E-state index is -0.346. The molecule has 3 nitrogen and oxygen atoms in total. The molecule has 0 spiro atoms. The fourth-order valence-electron chi connectivity index (χ4n) is 1.44. The number of rotatable bonds is 2. The summed E-state index contributed by atoms with van der Waals surface area (Å²) in [6.45, 7) is 2.00. The van der Waals surface area contributed by atoms with E-state index in [2.05, 4.69) is 20.9 Å². The van der Waals surface area contributed by atoms with Crippen molar-refractivity contribution in [1.82, 2.24) is 4.98 Å². The van der Waals surface area contributed by atoms with Crippen LogP contribution in [-0.4, -0.2) is 18.1 Å². The van der Waals surface area contributed by atoms with Crippen LogP contribution >= 0.6 is 27.3 Å². The molecule has 88 valence electrons. The number of carbonyl (C=O) groups excluding carboxylic acids is 1. The Bertz CT molecular complexity index is 565. The maximum Gasteiger partial charge on any atom is 0.337 e. The van der Waals surface area contributed by atoms with Gasteiger partial charge >= 0.3 is 5.97 Å². The van der Waals surface area contributed by atoms with Gasteiger partial charge in [0.2, 0.25) is 0 Å². The lowest BCUT2D eigenvalue weighted by atomic mass is 10.1. The van der Waals surface area contributed by atoms with Crippen molar-refractivity contribution >= 4 is 33.2 Å². The summed E-state index contributed by atoms with van der Waals surface area (Å²) in [5, 5.41) is 0.897. The summed E-state index contributed by atoms with van der Waals surface area (Å²) in [5.41, 5.74) is 1.43. The van der Waals surface area contributed by atoms with Gasteiger partial charge in [-0.3, -0.25) is 0 Å². The molecule has 2 aromatic rings. The molecule has 0 atom stereocenters. The quantitative estimate of drug-likeness (QED) is 0.794. The molecule has 0 bridgehead atoms. The largest absolute Gasteiger partial charge is 0.465 e. The number of hydrogen-bond donors (Lipinski definition) is 0. The Morgan fingerprint density at radius 1 is 1.41 bits per heavy atom. The van der Waals surface area contributed by atoms with Crippen LogP contribution in [0.3, 0.4) is 0 Å². The summed E-state index contributed by atoms with van der Waals surface area (Å²) in [6.07, 6.45) is 1.82. The summed E-state index contributed by atoms with van der Waals surface area (Å²) in [6, 6.07) is 5.45. The summed E-state index contributed by atoms with van der Waals surface area (Å²) < 4.78 is 5.55. The Kier molecular flexibility index (Phi) is 3.59. The molecule has 2 rings (SSSR count). The predicted octanol–water partition coefficient (Wildman–Crippen LogP) is 3.67. The summed E-state index contributed by atoms with van der Waals surface area (Å²) in [5.74, 6) is -0.346. The number of thiazole rings is 1. The molecule has 0 unspecified atom stereocenters.